The van der Waals surface area contributed by atoms with Crippen LogP contribution in [0.5, 0.6) is 5.75 Å². The summed E-state index contributed by atoms with van der Waals surface area (Å²) in [6.07, 6.45) is 0. The van der Waals surface area contributed by atoms with E-state index in [1.165, 1.54) is 11.3 Å². The van der Waals surface area contributed by atoms with Crippen molar-refractivity contribution in [3.8, 4) is 11.4 Å². The maximum absolute atomic E-state index is 12.8. The van der Waals surface area contributed by atoms with Gasteiger partial charge in [0.2, 0.25) is 0 Å². The lowest BCUT2D eigenvalue weighted by Crippen LogP contribution is -2.24. The highest BCUT2D eigenvalue weighted by Crippen LogP contribution is 2.31. The molecule has 30 heavy (non-hydrogen) atoms. The van der Waals surface area contributed by atoms with Crippen LogP contribution >= 0.6 is 11.3 Å². The molecular weight excluding hydrogens is 400 g/mol. The van der Waals surface area contributed by atoms with Gasteiger partial charge in [0.1, 0.15) is 10.6 Å². The molecule has 0 bridgehead atoms. The first kappa shape index (κ1) is 19.7. The largest absolute Gasteiger partial charge is 0.484 e. The summed E-state index contributed by atoms with van der Waals surface area (Å²) in [6.45, 7) is 1.88. The van der Waals surface area contributed by atoms with E-state index in [1.54, 1.807) is 31.3 Å². The van der Waals surface area contributed by atoms with Crippen LogP contribution in [0.3, 0.4) is 0 Å². The van der Waals surface area contributed by atoms with Gasteiger partial charge in [0, 0.05) is 18.1 Å². The Balaban J connectivity index is 1.50. The van der Waals surface area contributed by atoms with Crippen molar-refractivity contribution in [3.05, 3.63) is 71.2 Å². The van der Waals surface area contributed by atoms with Gasteiger partial charge < -0.3 is 15.4 Å². The van der Waals surface area contributed by atoms with Gasteiger partial charge in [-0.25, -0.2) is 4.68 Å². The number of likely N-dealkylation sites (N-methyl/N-ethyl adjacent to an activating group) is 1. The van der Waals surface area contributed by atoms with Crippen molar-refractivity contribution >= 4 is 39.1 Å². The molecule has 2 aromatic heterocycles. The van der Waals surface area contributed by atoms with Crippen molar-refractivity contribution in [2.75, 3.05) is 19.0 Å². The van der Waals surface area contributed by atoms with Crippen LogP contribution in [-0.2, 0) is 4.79 Å². The van der Waals surface area contributed by atoms with Gasteiger partial charge in [0.25, 0.3) is 11.8 Å². The van der Waals surface area contributed by atoms with Gasteiger partial charge in [0.15, 0.2) is 6.61 Å². The molecule has 2 N–H and O–H groups in total. The van der Waals surface area contributed by atoms with Crippen molar-refractivity contribution in [2.24, 2.45) is 0 Å². The number of hydrogen-bond acceptors (Lipinski definition) is 5. The quantitative estimate of drug-likeness (QED) is 0.497. The summed E-state index contributed by atoms with van der Waals surface area (Å²) in [5.74, 6) is 0.160. The fourth-order valence-corrected chi connectivity index (χ4v) is 4.03. The molecule has 7 nitrogen and oxygen atoms in total. The predicted octanol–water partition coefficient (Wildman–Crippen LogP) is 3.77. The fraction of sp³-hybridized carbons (Fsp3) is 0.136. The molecule has 0 aliphatic rings. The van der Waals surface area contributed by atoms with E-state index < -0.39 is 0 Å². The van der Waals surface area contributed by atoms with Gasteiger partial charge >= 0.3 is 0 Å². The number of para-hydroxylation sites is 1. The second kappa shape index (κ2) is 8.38. The minimum atomic E-state index is -0.207. The number of aryl methyl sites for hydroxylation is 1. The van der Waals surface area contributed by atoms with Crippen LogP contribution in [0, 0.1) is 6.92 Å². The highest BCUT2D eigenvalue weighted by molar-refractivity contribution is 7.20. The van der Waals surface area contributed by atoms with E-state index in [0.717, 1.165) is 21.6 Å². The van der Waals surface area contributed by atoms with Crippen LogP contribution in [0.2, 0.25) is 0 Å². The first-order valence-electron chi connectivity index (χ1n) is 9.34. The first-order valence-corrected chi connectivity index (χ1v) is 10.2. The number of nitrogens with one attached hydrogen (secondary N) is 2. The zero-order valence-electron chi connectivity index (χ0n) is 16.5. The molecule has 2 aromatic carbocycles. The van der Waals surface area contributed by atoms with Crippen LogP contribution in [0.4, 0.5) is 5.69 Å². The van der Waals surface area contributed by atoms with Gasteiger partial charge in [-0.1, -0.05) is 18.2 Å². The number of anilines is 1. The van der Waals surface area contributed by atoms with Crippen LogP contribution in [0.15, 0.2) is 60.7 Å². The zero-order valence-corrected chi connectivity index (χ0v) is 17.3. The van der Waals surface area contributed by atoms with E-state index in [0.29, 0.717) is 16.3 Å². The maximum Gasteiger partial charge on any atom is 0.265 e. The van der Waals surface area contributed by atoms with Gasteiger partial charge in [0.05, 0.1) is 16.3 Å². The number of benzene rings is 2. The molecule has 0 aliphatic carbocycles. The van der Waals surface area contributed by atoms with E-state index in [-0.39, 0.29) is 18.4 Å². The van der Waals surface area contributed by atoms with Crippen LogP contribution in [-0.4, -0.2) is 35.2 Å². The van der Waals surface area contributed by atoms with E-state index in [2.05, 4.69) is 15.7 Å². The average Bonchev–Trinajstić information content (AvgIpc) is 3.34. The molecule has 0 fully saturated rings. The Morgan fingerprint density at radius 2 is 1.83 bits per heavy atom. The third-order valence-corrected chi connectivity index (χ3v) is 5.64. The second-order valence-electron chi connectivity index (χ2n) is 6.60. The molecule has 2 amide bonds. The Labute approximate surface area is 177 Å². The molecule has 152 valence electrons. The minimum absolute atomic E-state index is 0.0538. The summed E-state index contributed by atoms with van der Waals surface area (Å²) in [4.78, 5) is 25.6. The van der Waals surface area contributed by atoms with Crippen LogP contribution in [0.25, 0.3) is 15.9 Å². The number of nitrogens with zero attached hydrogens (tertiary/aromatic N) is 2. The standard InChI is InChI=1S/C22H20N4O3S/c1-14-18-12-19(30-22(18)26(25-14)16-6-4-3-5-7-16)21(28)24-15-8-10-17(11-9-15)29-13-20(27)23-2/h3-12H,13H2,1-2H3,(H,23,27)(H,24,28). The summed E-state index contributed by atoms with van der Waals surface area (Å²) < 4.78 is 7.23. The number of aromatic nitrogens is 2. The van der Waals surface area contributed by atoms with Crippen molar-refractivity contribution in [1.29, 1.82) is 0 Å². The highest BCUT2D eigenvalue weighted by atomic mass is 32.1. The Kier molecular flexibility index (Phi) is 5.49. The smallest absolute Gasteiger partial charge is 0.265 e. The molecule has 2 heterocycles. The predicted molar refractivity (Wildman–Crippen MR) is 118 cm³/mol. The molecule has 0 atom stereocenters. The Hall–Kier alpha value is -3.65. The zero-order chi connectivity index (χ0) is 21.1. The molecule has 4 aromatic rings. The topological polar surface area (TPSA) is 85.2 Å². The molecule has 4 rings (SSSR count). The van der Waals surface area contributed by atoms with Gasteiger partial charge in [-0.15, -0.1) is 11.3 Å². The van der Waals surface area contributed by atoms with E-state index in [4.69, 9.17) is 4.74 Å². The molecule has 8 heteroatoms. The lowest BCUT2D eigenvalue weighted by atomic mass is 10.2. The Morgan fingerprint density at radius 1 is 1.10 bits per heavy atom. The summed E-state index contributed by atoms with van der Waals surface area (Å²) >= 11 is 1.40. The molecule has 0 saturated carbocycles. The summed E-state index contributed by atoms with van der Waals surface area (Å²) in [5, 5.41) is 11.0. The molecule has 0 spiro atoms. The van der Waals surface area contributed by atoms with Crippen molar-refractivity contribution < 1.29 is 14.3 Å². The average molecular weight is 420 g/mol. The summed E-state index contributed by atoms with van der Waals surface area (Å²) in [6, 6.07) is 18.6. The highest BCUT2D eigenvalue weighted by Gasteiger charge is 2.17. The lowest BCUT2D eigenvalue weighted by Gasteiger charge is -2.07. The van der Waals surface area contributed by atoms with E-state index in [9.17, 15) is 9.59 Å². The second-order valence-corrected chi connectivity index (χ2v) is 7.63. The van der Waals surface area contributed by atoms with Crippen LogP contribution < -0.4 is 15.4 Å². The van der Waals surface area contributed by atoms with Gasteiger partial charge in [-0.05, 0) is 49.4 Å². The molecule has 0 saturated heterocycles. The number of fused-ring (bicyclic) bond motifs is 1. The van der Waals surface area contributed by atoms with E-state index in [1.807, 2.05) is 48.0 Å². The monoisotopic (exact) mass is 420 g/mol. The maximum atomic E-state index is 12.8. The number of carbonyl (C=O) groups excluding carboxylic acids is 2. The van der Waals surface area contributed by atoms with E-state index >= 15 is 0 Å². The number of rotatable bonds is 6. The van der Waals surface area contributed by atoms with Crippen molar-refractivity contribution in [2.45, 2.75) is 6.92 Å². The van der Waals surface area contributed by atoms with Gasteiger partial charge in [-0.3, -0.25) is 9.59 Å². The third-order valence-electron chi connectivity index (χ3n) is 4.53. The van der Waals surface area contributed by atoms with Gasteiger partial charge in [-0.2, -0.15) is 5.10 Å². The molecule has 0 unspecified atom stereocenters. The lowest BCUT2D eigenvalue weighted by molar-refractivity contribution is -0.122. The van der Waals surface area contributed by atoms with Crippen molar-refractivity contribution in [1.82, 2.24) is 15.1 Å². The molecular formula is C22H20N4O3S. The summed E-state index contributed by atoms with van der Waals surface area (Å²) in [7, 11) is 1.55. The normalized spacial score (nSPS) is 10.7. The molecule has 0 aliphatic heterocycles. The number of thiophene rings is 1. The minimum Gasteiger partial charge on any atom is -0.484 e. The SMILES string of the molecule is CNC(=O)COc1ccc(NC(=O)c2cc3c(C)nn(-c4ccccc4)c3s2)cc1. The Bertz CT molecular complexity index is 1200. The van der Waals surface area contributed by atoms with Crippen molar-refractivity contribution in [3.63, 3.8) is 0 Å². The molecule has 0 radical (unpaired) electrons. The fourth-order valence-electron chi connectivity index (χ4n) is 2.95. The first-order chi connectivity index (χ1) is 14.5. The number of hydrogen-bond donors (Lipinski definition) is 2. The number of amides is 2. The third kappa shape index (κ3) is 4.04. The Morgan fingerprint density at radius 3 is 2.53 bits per heavy atom. The summed E-state index contributed by atoms with van der Waals surface area (Å²) in [5.41, 5.74) is 2.48. The number of carbonyl (C=O) groups is 2. The number of ether oxygens (including phenoxy) is 1. The van der Waals surface area contributed by atoms with Crippen LogP contribution in [0.1, 0.15) is 15.4 Å².